The van der Waals surface area contributed by atoms with E-state index >= 15 is 0 Å². The van der Waals surface area contributed by atoms with Gasteiger partial charge in [-0.25, -0.2) is 0 Å². The van der Waals surface area contributed by atoms with E-state index in [9.17, 15) is 0 Å². The van der Waals surface area contributed by atoms with Crippen molar-refractivity contribution in [1.82, 2.24) is 9.88 Å². The standard InChI is InChI=1S/C12H21N3/c1-10-5-4-7-14-12(10)9-15(3)8-6-11(2)13/h4-5,7,11H,6,8-9,13H2,1-3H3. The van der Waals surface area contributed by atoms with Crippen molar-refractivity contribution in [2.75, 3.05) is 13.6 Å². The molecule has 0 saturated heterocycles. The van der Waals surface area contributed by atoms with Gasteiger partial charge in [0.05, 0.1) is 5.69 Å². The summed E-state index contributed by atoms with van der Waals surface area (Å²) in [4.78, 5) is 6.64. The fourth-order valence-electron chi connectivity index (χ4n) is 1.44. The predicted octanol–water partition coefficient (Wildman–Crippen LogP) is 1.56. The van der Waals surface area contributed by atoms with Gasteiger partial charge in [-0.2, -0.15) is 0 Å². The summed E-state index contributed by atoms with van der Waals surface area (Å²) >= 11 is 0. The molecule has 15 heavy (non-hydrogen) atoms. The minimum atomic E-state index is 0.275. The van der Waals surface area contributed by atoms with E-state index < -0.39 is 0 Å². The van der Waals surface area contributed by atoms with Crippen LogP contribution in [0.25, 0.3) is 0 Å². The SMILES string of the molecule is Cc1cccnc1CN(C)CCC(C)N. The highest BCUT2D eigenvalue weighted by Crippen LogP contribution is 2.06. The number of hydrogen-bond donors (Lipinski definition) is 1. The molecule has 1 atom stereocenters. The van der Waals surface area contributed by atoms with E-state index in [0.717, 1.165) is 25.2 Å². The number of rotatable bonds is 5. The Morgan fingerprint density at radius 2 is 2.27 bits per heavy atom. The van der Waals surface area contributed by atoms with E-state index in [1.54, 1.807) is 0 Å². The molecular formula is C12H21N3. The Hall–Kier alpha value is -0.930. The first kappa shape index (κ1) is 12.1. The fraction of sp³-hybridized carbons (Fsp3) is 0.583. The van der Waals surface area contributed by atoms with E-state index in [1.807, 2.05) is 19.2 Å². The minimum Gasteiger partial charge on any atom is -0.328 e. The van der Waals surface area contributed by atoms with Crippen LogP contribution in [0, 0.1) is 6.92 Å². The van der Waals surface area contributed by atoms with Gasteiger partial charge in [0.1, 0.15) is 0 Å². The number of aryl methyl sites for hydroxylation is 1. The Morgan fingerprint density at radius 3 is 2.87 bits per heavy atom. The summed E-state index contributed by atoms with van der Waals surface area (Å²) in [6.45, 7) is 6.06. The van der Waals surface area contributed by atoms with E-state index in [0.29, 0.717) is 0 Å². The smallest absolute Gasteiger partial charge is 0.0572 e. The van der Waals surface area contributed by atoms with Gasteiger partial charge in [-0.15, -0.1) is 0 Å². The number of nitrogens with two attached hydrogens (primary N) is 1. The summed E-state index contributed by atoms with van der Waals surface area (Å²) in [5, 5.41) is 0. The van der Waals surface area contributed by atoms with Gasteiger partial charge in [0.15, 0.2) is 0 Å². The molecule has 0 bridgehead atoms. The molecule has 1 aromatic rings. The van der Waals surface area contributed by atoms with Gasteiger partial charge in [0.25, 0.3) is 0 Å². The molecule has 1 rings (SSSR count). The van der Waals surface area contributed by atoms with Crippen LogP contribution in [0.3, 0.4) is 0 Å². The molecule has 3 nitrogen and oxygen atoms in total. The number of nitrogens with zero attached hydrogens (tertiary/aromatic N) is 2. The molecule has 0 aliphatic rings. The van der Waals surface area contributed by atoms with Crippen molar-refractivity contribution in [3.8, 4) is 0 Å². The lowest BCUT2D eigenvalue weighted by atomic mass is 10.2. The molecule has 1 unspecified atom stereocenters. The van der Waals surface area contributed by atoms with Crippen LogP contribution in [0.2, 0.25) is 0 Å². The Bertz CT molecular complexity index is 297. The number of aromatic nitrogens is 1. The average Bonchev–Trinajstić information content (AvgIpc) is 2.18. The van der Waals surface area contributed by atoms with Crippen LogP contribution in [0.5, 0.6) is 0 Å². The second kappa shape index (κ2) is 5.83. The number of hydrogen-bond acceptors (Lipinski definition) is 3. The van der Waals surface area contributed by atoms with Gasteiger partial charge >= 0.3 is 0 Å². The molecule has 3 heteroatoms. The minimum absolute atomic E-state index is 0.275. The van der Waals surface area contributed by atoms with Crippen molar-refractivity contribution in [2.24, 2.45) is 5.73 Å². The van der Waals surface area contributed by atoms with Crippen LogP contribution in [0.15, 0.2) is 18.3 Å². The van der Waals surface area contributed by atoms with Crippen molar-refractivity contribution >= 4 is 0 Å². The number of pyridine rings is 1. The monoisotopic (exact) mass is 207 g/mol. The van der Waals surface area contributed by atoms with Gasteiger partial charge < -0.3 is 10.6 Å². The molecule has 2 N–H and O–H groups in total. The van der Waals surface area contributed by atoms with Crippen molar-refractivity contribution in [3.05, 3.63) is 29.6 Å². The summed E-state index contributed by atoms with van der Waals surface area (Å²) in [5.41, 5.74) is 8.13. The van der Waals surface area contributed by atoms with Crippen LogP contribution in [0.4, 0.5) is 0 Å². The highest BCUT2D eigenvalue weighted by molar-refractivity contribution is 5.17. The molecule has 0 aliphatic carbocycles. The summed E-state index contributed by atoms with van der Waals surface area (Å²) in [7, 11) is 2.11. The zero-order valence-corrected chi connectivity index (χ0v) is 9.90. The summed E-state index contributed by atoms with van der Waals surface area (Å²) in [6.07, 6.45) is 2.88. The molecular weight excluding hydrogens is 186 g/mol. The van der Waals surface area contributed by atoms with Crippen molar-refractivity contribution < 1.29 is 0 Å². The lowest BCUT2D eigenvalue weighted by Gasteiger charge is -2.18. The lowest BCUT2D eigenvalue weighted by Crippen LogP contribution is -2.26. The first-order chi connectivity index (χ1) is 7.09. The van der Waals surface area contributed by atoms with E-state index in [4.69, 9.17) is 5.73 Å². The van der Waals surface area contributed by atoms with Crippen LogP contribution in [0.1, 0.15) is 24.6 Å². The van der Waals surface area contributed by atoms with Crippen LogP contribution < -0.4 is 5.73 Å². The highest BCUT2D eigenvalue weighted by Gasteiger charge is 2.04. The Balaban J connectivity index is 2.44. The fourth-order valence-corrected chi connectivity index (χ4v) is 1.44. The van der Waals surface area contributed by atoms with Crippen molar-refractivity contribution in [3.63, 3.8) is 0 Å². The predicted molar refractivity (Wildman–Crippen MR) is 63.6 cm³/mol. The van der Waals surface area contributed by atoms with E-state index in [1.165, 1.54) is 5.56 Å². The topological polar surface area (TPSA) is 42.2 Å². The lowest BCUT2D eigenvalue weighted by molar-refractivity contribution is 0.309. The molecule has 0 aromatic carbocycles. The Morgan fingerprint density at radius 1 is 1.53 bits per heavy atom. The first-order valence-corrected chi connectivity index (χ1v) is 5.44. The Kier molecular flexibility index (Phi) is 4.72. The highest BCUT2D eigenvalue weighted by atomic mass is 15.1. The van der Waals surface area contributed by atoms with Crippen molar-refractivity contribution in [1.29, 1.82) is 0 Å². The second-order valence-corrected chi connectivity index (χ2v) is 4.27. The summed E-state index contributed by atoms with van der Waals surface area (Å²) in [6, 6.07) is 4.35. The van der Waals surface area contributed by atoms with Crippen LogP contribution in [-0.4, -0.2) is 29.5 Å². The van der Waals surface area contributed by atoms with Crippen molar-refractivity contribution in [2.45, 2.75) is 32.9 Å². The second-order valence-electron chi connectivity index (χ2n) is 4.27. The molecule has 1 aromatic heterocycles. The maximum Gasteiger partial charge on any atom is 0.0572 e. The molecule has 1 heterocycles. The van der Waals surface area contributed by atoms with Gasteiger partial charge in [0, 0.05) is 18.8 Å². The van der Waals surface area contributed by atoms with E-state index in [-0.39, 0.29) is 6.04 Å². The van der Waals surface area contributed by atoms with Gasteiger partial charge in [-0.1, -0.05) is 6.07 Å². The molecule has 0 aliphatic heterocycles. The molecule has 0 radical (unpaired) electrons. The molecule has 0 amide bonds. The third-order valence-corrected chi connectivity index (χ3v) is 2.50. The maximum absolute atomic E-state index is 5.72. The first-order valence-electron chi connectivity index (χ1n) is 5.44. The van der Waals surface area contributed by atoms with Gasteiger partial charge in [-0.3, -0.25) is 4.98 Å². The zero-order chi connectivity index (χ0) is 11.3. The van der Waals surface area contributed by atoms with Gasteiger partial charge in [0.2, 0.25) is 0 Å². The molecule has 0 spiro atoms. The van der Waals surface area contributed by atoms with Crippen LogP contribution >= 0.6 is 0 Å². The van der Waals surface area contributed by atoms with Crippen LogP contribution in [-0.2, 0) is 6.54 Å². The largest absolute Gasteiger partial charge is 0.328 e. The third-order valence-electron chi connectivity index (χ3n) is 2.50. The summed E-state index contributed by atoms with van der Waals surface area (Å²) in [5.74, 6) is 0. The summed E-state index contributed by atoms with van der Waals surface area (Å²) < 4.78 is 0. The molecule has 0 saturated carbocycles. The molecule has 84 valence electrons. The third kappa shape index (κ3) is 4.40. The quantitative estimate of drug-likeness (QED) is 0.796. The van der Waals surface area contributed by atoms with E-state index in [2.05, 4.69) is 29.9 Å². The average molecular weight is 207 g/mol. The zero-order valence-electron chi connectivity index (χ0n) is 9.90. The molecule has 0 fully saturated rings. The maximum atomic E-state index is 5.72. The Labute approximate surface area is 92.3 Å². The van der Waals surface area contributed by atoms with Gasteiger partial charge in [-0.05, 0) is 45.5 Å². The normalized spacial score (nSPS) is 13.1.